The Morgan fingerprint density at radius 2 is 2.00 bits per heavy atom. The Balaban J connectivity index is 1.52. The second kappa shape index (κ2) is 7.30. The fraction of sp³-hybridized carbons (Fsp3) is 0.0500. The van der Waals surface area contributed by atoms with Crippen molar-refractivity contribution in [3.63, 3.8) is 0 Å². The van der Waals surface area contributed by atoms with Crippen molar-refractivity contribution in [2.45, 2.75) is 6.54 Å². The zero-order chi connectivity index (χ0) is 22.3. The number of hydrogen-bond donors (Lipinski definition) is 5. The number of carbonyl (C=O) groups is 1. The first-order chi connectivity index (χ1) is 14.8. The lowest BCUT2D eigenvalue weighted by Crippen LogP contribution is -2.36. The summed E-state index contributed by atoms with van der Waals surface area (Å²) in [7, 11) is 0. The molecule has 0 radical (unpaired) electrons. The Morgan fingerprint density at radius 3 is 2.71 bits per heavy atom. The van der Waals surface area contributed by atoms with Crippen LogP contribution < -0.4 is 27.2 Å². The van der Waals surface area contributed by atoms with E-state index in [1.807, 2.05) is 0 Å². The average molecular weight is 420 g/mol. The SMILES string of the molecule is C=C(O)c1cc(C(=O)NCc2cccc(Nc3c(N)c(=O)c3=O)c2)nc2c(O)cnn12. The van der Waals surface area contributed by atoms with Crippen LogP contribution in [0.15, 0.2) is 52.7 Å². The summed E-state index contributed by atoms with van der Waals surface area (Å²) in [6.07, 6.45) is 1.14. The molecule has 2 aromatic carbocycles. The second-order valence-corrected chi connectivity index (χ2v) is 6.69. The minimum Gasteiger partial charge on any atom is -0.506 e. The lowest BCUT2D eigenvalue weighted by molar-refractivity contribution is 0.0946. The van der Waals surface area contributed by atoms with Crippen molar-refractivity contribution < 1.29 is 15.0 Å². The van der Waals surface area contributed by atoms with Crippen molar-refractivity contribution in [1.29, 1.82) is 0 Å². The molecule has 4 rings (SSSR count). The van der Waals surface area contributed by atoms with E-state index in [0.29, 0.717) is 11.3 Å². The first-order valence-corrected chi connectivity index (χ1v) is 8.95. The van der Waals surface area contributed by atoms with Crippen molar-refractivity contribution in [1.82, 2.24) is 19.9 Å². The smallest absolute Gasteiger partial charge is 0.270 e. The van der Waals surface area contributed by atoms with E-state index in [1.54, 1.807) is 24.3 Å². The number of aromatic hydroxyl groups is 1. The highest BCUT2D eigenvalue weighted by Gasteiger charge is 2.19. The van der Waals surface area contributed by atoms with Gasteiger partial charge in [-0.15, -0.1) is 0 Å². The van der Waals surface area contributed by atoms with Crippen LogP contribution in [0.5, 0.6) is 5.75 Å². The molecule has 0 aliphatic carbocycles. The van der Waals surface area contributed by atoms with Crippen molar-refractivity contribution >= 4 is 34.4 Å². The Labute approximate surface area is 173 Å². The van der Waals surface area contributed by atoms with Gasteiger partial charge < -0.3 is 26.6 Å². The molecule has 1 amide bonds. The number of aliphatic hydroxyl groups excluding tert-OH is 1. The molecule has 0 aliphatic rings. The molecule has 0 unspecified atom stereocenters. The van der Waals surface area contributed by atoms with Gasteiger partial charge in [-0.25, -0.2) is 9.50 Å². The quantitative estimate of drug-likeness (QED) is 0.223. The molecule has 2 aromatic heterocycles. The summed E-state index contributed by atoms with van der Waals surface area (Å²) in [5, 5.41) is 29.0. The number of nitrogen functional groups attached to an aromatic ring is 1. The Morgan fingerprint density at radius 1 is 1.23 bits per heavy atom. The average Bonchev–Trinajstić information content (AvgIpc) is 3.15. The summed E-state index contributed by atoms with van der Waals surface area (Å²) in [6, 6.07) is 8.10. The maximum Gasteiger partial charge on any atom is 0.270 e. The van der Waals surface area contributed by atoms with Crippen molar-refractivity contribution in [3.05, 3.63) is 80.5 Å². The predicted molar refractivity (Wildman–Crippen MR) is 113 cm³/mol. The summed E-state index contributed by atoms with van der Waals surface area (Å²) in [4.78, 5) is 39.4. The molecule has 0 saturated carbocycles. The molecule has 31 heavy (non-hydrogen) atoms. The van der Waals surface area contributed by atoms with E-state index < -0.39 is 16.8 Å². The van der Waals surface area contributed by atoms with E-state index in [-0.39, 0.29) is 46.5 Å². The minimum atomic E-state index is -0.718. The summed E-state index contributed by atoms with van der Waals surface area (Å²) in [6.45, 7) is 3.54. The molecule has 11 nitrogen and oxygen atoms in total. The number of nitrogens with zero attached hydrogens (tertiary/aromatic N) is 3. The van der Waals surface area contributed by atoms with Crippen LogP contribution in [0.4, 0.5) is 17.1 Å². The Bertz CT molecular complexity index is 1430. The topological polar surface area (TPSA) is 172 Å². The normalized spacial score (nSPS) is 11.0. The first kappa shape index (κ1) is 19.6. The summed E-state index contributed by atoms with van der Waals surface area (Å²) in [5.74, 6) is -1.16. The highest BCUT2D eigenvalue weighted by Crippen LogP contribution is 2.21. The third-order valence-corrected chi connectivity index (χ3v) is 4.58. The third kappa shape index (κ3) is 3.44. The number of hydrogen-bond acceptors (Lipinski definition) is 9. The van der Waals surface area contributed by atoms with Gasteiger partial charge in [0.1, 0.15) is 28.5 Å². The standard InChI is InChI=1S/C20H16N6O5/c1-9(27)13-6-12(25-19-14(28)8-23-26(13)19)20(31)22-7-10-3-2-4-11(5-10)24-16-15(21)17(29)18(16)30/h2-6,8,24,27-28H,1,7,21H2,(H,22,31). The fourth-order valence-corrected chi connectivity index (χ4v) is 2.98. The number of aliphatic hydroxyl groups is 1. The molecule has 11 heteroatoms. The van der Waals surface area contributed by atoms with Crippen LogP contribution in [0.2, 0.25) is 0 Å². The monoisotopic (exact) mass is 420 g/mol. The molecule has 6 N–H and O–H groups in total. The third-order valence-electron chi connectivity index (χ3n) is 4.58. The number of benzene rings is 1. The number of anilines is 3. The Hall–Kier alpha value is -4.67. The number of fused-ring (bicyclic) bond motifs is 1. The van der Waals surface area contributed by atoms with Gasteiger partial charge in [0, 0.05) is 12.2 Å². The van der Waals surface area contributed by atoms with Gasteiger partial charge in [-0.2, -0.15) is 5.10 Å². The van der Waals surface area contributed by atoms with E-state index >= 15 is 0 Å². The lowest BCUT2D eigenvalue weighted by atomic mass is 10.1. The molecule has 0 fully saturated rings. The zero-order valence-electron chi connectivity index (χ0n) is 15.9. The number of amides is 1. The van der Waals surface area contributed by atoms with E-state index in [9.17, 15) is 24.6 Å². The number of rotatable bonds is 6. The number of carbonyl (C=O) groups excluding carboxylic acids is 1. The molecular formula is C20H16N6O5. The molecule has 0 bridgehead atoms. The molecule has 0 spiro atoms. The highest BCUT2D eigenvalue weighted by molar-refractivity contribution is 5.93. The number of nitrogens with two attached hydrogens (primary N) is 1. The highest BCUT2D eigenvalue weighted by atomic mass is 16.3. The maximum atomic E-state index is 12.6. The van der Waals surface area contributed by atoms with Gasteiger partial charge in [0.05, 0.1) is 6.20 Å². The van der Waals surface area contributed by atoms with Crippen LogP contribution in [0.25, 0.3) is 11.4 Å². The maximum absolute atomic E-state index is 12.6. The Kier molecular flexibility index (Phi) is 4.62. The van der Waals surface area contributed by atoms with Gasteiger partial charge in [-0.3, -0.25) is 14.4 Å². The van der Waals surface area contributed by atoms with Gasteiger partial charge in [0.25, 0.3) is 16.8 Å². The van der Waals surface area contributed by atoms with Gasteiger partial charge in [0.15, 0.2) is 11.4 Å². The van der Waals surface area contributed by atoms with Crippen LogP contribution in [-0.4, -0.2) is 30.7 Å². The van der Waals surface area contributed by atoms with Gasteiger partial charge in [0.2, 0.25) is 0 Å². The van der Waals surface area contributed by atoms with E-state index in [1.165, 1.54) is 6.07 Å². The van der Waals surface area contributed by atoms with Crippen molar-refractivity contribution in [2.75, 3.05) is 11.1 Å². The molecule has 2 heterocycles. The number of aromatic nitrogens is 3. The molecule has 4 aromatic rings. The molecule has 0 saturated heterocycles. The van der Waals surface area contributed by atoms with Crippen LogP contribution in [-0.2, 0) is 6.54 Å². The van der Waals surface area contributed by atoms with Gasteiger partial charge in [-0.1, -0.05) is 18.7 Å². The zero-order valence-corrected chi connectivity index (χ0v) is 15.9. The lowest BCUT2D eigenvalue weighted by Gasteiger charge is -2.12. The minimum absolute atomic E-state index is 0.00498. The van der Waals surface area contributed by atoms with E-state index in [4.69, 9.17) is 5.73 Å². The fourth-order valence-electron chi connectivity index (χ4n) is 2.98. The molecule has 0 aliphatic heterocycles. The summed E-state index contributed by atoms with van der Waals surface area (Å²) < 4.78 is 1.16. The molecule has 0 atom stereocenters. The van der Waals surface area contributed by atoms with Gasteiger partial charge in [-0.05, 0) is 23.8 Å². The largest absolute Gasteiger partial charge is 0.506 e. The van der Waals surface area contributed by atoms with Crippen LogP contribution >= 0.6 is 0 Å². The van der Waals surface area contributed by atoms with Gasteiger partial charge >= 0.3 is 0 Å². The summed E-state index contributed by atoms with van der Waals surface area (Å²) >= 11 is 0. The van der Waals surface area contributed by atoms with Crippen molar-refractivity contribution in [2.24, 2.45) is 0 Å². The predicted octanol–water partition coefficient (Wildman–Crippen LogP) is 0.815. The first-order valence-electron chi connectivity index (χ1n) is 8.95. The van der Waals surface area contributed by atoms with Crippen LogP contribution in [0, 0.1) is 0 Å². The van der Waals surface area contributed by atoms with E-state index in [0.717, 1.165) is 10.7 Å². The van der Waals surface area contributed by atoms with Crippen LogP contribution in [0.1, 0.15) is 21.7 Å². The van der Waals surface area contributed by atoms with Crippen LogP contribution in [0.3, 0.4) is 0 Å². The molecule has 156 valence electrons. The van der Waals surface area contributed by atoms with Crippen molar-refractivity contribution in [3.8, 4) is 5.75 Å². The van der Waals surface area contributed by atoms with E-state index in [2.05, 4.69) is 27.3 Å². The number of nitrogens with one attached hydrogen (secondary N) is 2. The molecular weight excluding hydrogens is 404 g/mol. The second-order valence-electron chi connectivity index (χ2n) is 6.69. The summed E-state index contributed by atoms with van der Waals surface area (Å²) in [5.41, 5.74) is 5.30.